The van der Waals surface area contributed by atoms with Gasteiger partial charge >= 0.3 is 5.97 Å². The van der Waals surface area contributed by atoms with Gasteiger partial charge < -0.3 is 4.74 Å². The predicted octanol–water partition coefficient (Wildman–Crippen LogP) is 4.11. The van der Waals surface area contributed by atoms with Crippen LogP contribution in [0.2, 0.25) is 0 Å². The van der Waals surface area contributed by atoms with Gasteiger partial charge in [0.25, 0.3) is 23.4 Å². The smallest absolute Gasteiger partial charge is 0.343 e. The van der Waals surface area contributed by atoms with Crippen LogP contribution in [0.15, 0.2) is 91.0 Å². The number of imide groups is 1. The number of ether oxygens (including phenoxy) is 1. The number of non-ortho nitro benzene ring substituents is 1. The molecule has 2 saturated carbocycles. The van der Waals surface area contributed by atoms with Gasteiger partial charge in [-0.3, -0.25) is 29.3 Å². The lowest BCUT2D eigenvalue weighted by Crippen LogP contribution is -2.52. The molecule has 3 aromatic rings. The van der Waals surface area contributed by atoms with Gasteiger partial charge in [-0.2, -0.15) is 5.01 Å². The Morgan fingerprint density at radius 1 is 0.795 bits per heavy atom. The number of carbonyl (C=O) groups is 5. The van der Waals surface area contributed by atoms with E-state index in [4.69, 9.17) is 4.74 Å². The number of allylic oxidation sites excluding steroid dienone is 2. The zero-order valence-corrected chi connectivity index (χ0v) is 23.1. The third-order valence-corrected chi connectivity index (χ3v) is 9.13. The molecule has 4 aliphatic carbocycles. The molecule has 3 amide bonds. The first kappa shape index (κ1) is 27.4. The first-order valence-corrected chi connectivity index (χ1v) is 14.3. The largest absolute Gasteiger partial charge is 0.423 e. The van der Waals surface area contributed by atoms with E-state index in [2.05, 4.69) is 0 Å². The summed E-state index contributed by atoms with van der Waals surface area (Å²) in [6.07, 6.45) is 4.99. The predicted molar refractivity (Wildman–Crippen MR) is 153 cm³/mol. The van der Waals surface area contributed by atoms with E-state index in [1.807, 2.05) is 12.2 Å². The fraction of sp³-hybridized carbons (Fsp3) is 0.242. The number of nitro benzene ring substituents is 1. The van der Waals surface area contributed by atoms with E-state index in [1.54, 1.807) is 30.3 Å². The maximum Gasteiger partial charge on any atom is 0.343 e. The number of Topliss-reactive ketones (excluding diaryl/α,β-unsaturated/α-hetero) is 1. The number of nitro groups is 1. The quantitative estimate of drug-likeness (QED) is 0.0724. The van der Waals surface area contributed by atoms with E-state index in [1.165, 1.54) is 36.4 Å². The van der Waals surface area contributed by atoms with Gasteiger partial charge in [-0.15, -0.1) is 0 Å². The summed E-state index contributed by atoms with van der Waals surface area (Å²) in [5.41, 5.74) is 0.254. The Balaban J connectivity index is 1.15. The molecular weight excluding hydrogens is 566 g/mol. The van der Waals surface area contributed by atoms with Crippen LogP contribution in [0.4, 0.5) is 5.69 Å². The molecule has 8 rings (SSSR count). The number of esters is 1. The summed E-state index contributed by atoms with van der Waals surface area (Å²) < 4.78 is 5.37. The summed E-state index contributed by atoms with van der Waals surface area (Å²) in [5.74, 6) is -3.47. The summed E-state index contributed by atoms with van der Waals surface area (Å²) in [7, 11) is 0. The van der Waals surface area contributed by atoms with Gasteiger partial charge in [-0.05, 0) is 78.6 Å². The molecule has 0 radical (unpaired) electrons. The van der Waals surface area contributed by atoms with Gasteiger partial charge in [-0.1, -0.05) is 30.4 Å². The number of amides is 3. The molecule has 0 aromatic heterocycles. The number of carbonyl (C=O) groups excluding carboxylic acids is 5. The van der Waals surface area contributed by atoms with E-state index >= 15 is 0 Å². The minimum atomic E-state index is -0.813. The number of rotatable bonds is 8. The maximum atomic E-state index is 13.8. The molecule has 6 atom stereocenters. The molecule has 0 unspecified atom stereocenters. The van der Waals surface area contributed by atoms with Gasteiger partial charge in [-0.25, -0.2) is 9.80 Å². The highest BCUT2D eigenvalue weighted by molar-refractivity contribution is 6.10. The number of hydrogen-bond acceptors (Lipinski definition) is 8. The molecule has 11 nitrogen and oxygen atoms in total. The Labute approximate surface area is 250 Å². The van der Waals surface area contributed by atoms with Crippen LogP contribution < -0.4 is 4.74 Å². The van der Waals surface area contributed by atoms with Crippen LogP contribution in [0, 0.1) is 45.6 Å². The summed E-state index contributed by atoms with van der Waals surface area (Å²) in [5, 5.41) is 12.8. The lowest BCUT2D eigenvalue weighted by molar-refractivity contribution is -0.384. The van der Waals surface area contributed by atoms with Crippen molar-refractivity contribution in [2.24, 2.45) is 35.5 Å². The highest BCUT2D eigenvalue weighted by Gasteiger charge is 2.68. The van der Waals surface area contributed by atoms with Crippen molar-refractivity contribution in [3.8, 4) is 5.75 Å². The van der Waals surface area contributed by atoms with Gasteiger partial charge in [0.1, 0.15) is 12.3 Å². The second-order valence-corrected chi connectivity index (χ2v) is 11.5. The molecule has 1 aliphatic heterocycles. The van der Waals surface area contributed by atoms with Gasteiger partial charge in [0, 0.05) is 23.3 Å². The van der Waals surface area contributed by atoms with Crippen molar-refractivity contribution in [2.75, 3.05) is 6.54 Å². The Kier molecular flexibility index (Phi) is 6.45. The van der Waals surface area contributed by atoms with E-state index < -0.39 is 52.8 Å². The van der Waals surface area contributed by atoms with Crippen LogP contribution in [0.3, 0.4) is 0 Å². The highest BCUT2D eigenvalue weighted by atomic mass is 16.6. The Hall–Kier alpha value is -5.45. The summed E-state index contributed by atoms with van der Waals surface area (Å²) in [4.78, 5) is 77.9. The van der Waals surface area contributed by atoms with Crippen molar-refractivity contribution in [3.63, 3.8) is 0 Å². The Morgan fingerprint density at radius 2 is 1.36 bits per heavy atom. The summed E-state index contributed by atoms with van der Waals surface area (Å²) >= 11 is 0. The Morgan fingerprint density at radius 3 is 1.93 bits per heavy atom. The van der Waals surface area contributed by atoms with E-state index in [0.717, 1.165) is 28.6 Å². The number of ketones is 1. The SMILES string of the molecule is O=C(CN(C(=O)c1ccc([N+](=O)[O-])cc1)N1C(=O)[C@@H]2[C@H]3C=C[C@@H]([C@@H]4C[C@@H]34)[C@@H]2C1=O)c1ccc(OC(=O)c2ccccc2)cc1. The zero-order valence-electron chi connectivity index (χ0n) is 23.1. The average Bonchev–Trinajstić information content (AvgIpc) is 3.83. The van der Waals surface area contributed by atoms with Crippen molar-refractivity contribution < 1.29 is 33.6 Å². The van der Waals surface area contributed by atoms with Crippen LogP contribution in [-0.4, -0.2) is 51.0 Å². The van der Waals surface area contributed by atoms with Crippen LogP contribution in [0.5, 0.6) is 5.75 Å². The molecule has 1 heterocycles. The van der Waals surface area contributed by atoms with Crippen molar-refractivity contribution >= 4 is 35.2 Å². The first-order valence-electron chi connectivity index (χ1n) is 14.3. The van der Waals surface area contributed by atoms with E-state index in [-0.39, 0.29) is 34.4 Å². The summed E-state index contributed by atoms with van der Waals surface area (Å²) in [6, 6.07) is 18.9. The summed E-state index contributed by atoms with van der Waals surface area (Å²) in [6.45, 7) is -0.633. The maximum absolute atomic E-state index is 13.8. The van der Waals surface area contributed by atoms with Crippen molar-refractivity contribution in [1.82, 2.24) is 10.0 Å². The number of benzene rings is 3. The molecule has 2 bridgehead atoms. The van der Waals surface area contributed by atoms with Gasteiger partial charge in [0.15, 0.2) is 5.78 Å². The van der Waals surface area contributed by atoms with Gasteiger partial charge in [0.2, 0.25) is 0 Å². The fourth-order valence-electron chi connectivity index (χ4n) is 6.96. The van der Waals surface area contributed by atoms with E-state index in [0.29, 0.717) is 17.4 Å². The minimum Gasteiger partial charge on any atom is -0.423 e. The molecule has 3 aromatic carbocycles. The van der Waals surface area contributed by atoms with Crippen LogP contribution in [-0.2, 0) is 9.59 Å². The molecule has 0 N–H and O–H groups in total. The van der Waals surface area contributed by atoms with Crippen LogP contribution in [0.1, 0.15) is 37.5 Å². The van der Waals surface area contributed by atoms with Crippen LogP contribution in [0.25, 0.3) is 0 Å². The highest BCUT2D eigenvalue weighted by Crippen LogP contribution is 2.65. The monoisotopic (exact) mass is 591 g/mol. The molecule has 3 fully saturated rings. The minimum absolute atomic E-state index is 0.0222. The third kappa shape index (κ3) is 4.48. The van der Waals surface area contributed by atoms with Crippen molar-refractivity contribution in [3.05, 3.63) is 118 Å². The van der Waals surface area contributed by atoms with Crippen molar-refractivity contribution in [2.45, 2.75) is 6.42 Å². The molecule has 11 heteroatoms. The molecule has 5 aliphatic rings. The molecule has 0 spiro atoms. The molecule has 220 valence electrons. The second-order valence-electron chi connectivity index (χ2n) is 11.5. The zero-order chi connectivity index (χ0) is 30.7. The molecular formula is C33H25N3O8. The number of nitrogens with zero attached hydrogens (tertiary/aromatic N) is 3. The number of hydrogen-bond donors (Lipinski definition) is 0. The second kappa shape index (κ2) is 10.4. The van der Waals surface area contributed by atoms with Crippen LogP contribution >= 0.6 is 0 Å². The molecule has 1 saturated heterocycles. The topological polar surface area (TPSA) is 144 Å². The average molecular weight is 592 g/mol. The number of hydrazine groups is 1. The van der Waals surface area contributed by atoms with Gasteiger partial charge in [0.05, 0.1) is 22.3 Å². The standard InChI is InChI=1S/C33H25N3O8/c37-27(18-8-12-22(13-9-18)44-33(41)20-4-2-1-3-5-20)17-34(30(38)19-6-10-21(11-7-19)36(42)43)35-31(39)28-23-14-15-24(26-16-25(23)26)29(28)32(35)40/h1-15,23-26,28-29H,16-17H2/t23-,24-,25-,26-,28-,29+/m0/s1. The lowest BCUT2D eigenvalue weighted by Gasteiger charge is -2.37. The van der Waals surface area contributed by atoms with E-state index in [9.17, 15) is 34.1 Å². The fourth-order valence-corrected chi connectivity index (χ4v) is 6.96. The lowest BCUT2D eigenvalue weighted by atomic mass is 9.63. The Bertz CT molecular complexity index is 1720. The molecule has 44 heavy (non-hydrogen) atoms. The normalized spacial score (nSPS) is 25.7. The third-order valence-electron chi connectivity index (χ3n) is 9.13. The first-order chi connectivity index (χ1) is 21.2. The van der Waals surface area contributed by atoms with Crippen molar-refractivity contribution in [1.29, 1.82) is 0 Å².